The summed E-state index contributed by atoms with van der Waals surface area (Å²) in [6.07, 6.45) is 2.50. The zero-order chi connectivity index (χ0) is 16.6. The van der Waals surface area contributed by atoms with Crippen molar-refractivity contribution in [2.24, 2.45) is 5.10 Å². The molecule has 1 amide bonds. The van der Waals surface area contributed by atoms with Gasteiger partial charge in [-0.25, -0.2) is 0 Å². The van der Waals surface area contributed by atoms with Gasteiger partial charge in [0.25, 0.3) is 5.91 Å². The van der Waals surface area contributed by atoms with Crippen molar-refractivity contribution in [1.82, 2.24) is 4.90 Å². The third kappa shape index (κ3) is 2.91. The molecule has 0 aromatic heterocycles. The molecule has 0 unspecified atom stereocenters. The summed E-state index contributed by atoms with van der Waals surface area (Å²) in [7, 11) is 0. The molecule has 0 aliphatic carbocycles. The standard InChI is InChI=1S/C18H23N3O3/c1-14-6-9-21(19-14)16-4-2-15(3-5-16)17(22)20-10-7-18(8-11-20)23-12-13-24-18/h2-5H,6-13H2,1H3. The lowest BCUT2D eigenvalue weighted by Crippen LogP contribution is -2.47. The van der Waals surface area contributed by atoms with Crippen LogP contribution in [0.3, 0.4) is 0 Å². The number of benzene rings is 1. The predicted molar refractivity (Wildman–Crippen MR) is 91.3 cm³/mol. The summed E-state index contributed by atoms with van der Waals surface area (Å²) in [4.78, 5) is 14.6. The van der Waals surface area contributed by atoms with E-state index in [1.165, 1.54) is 0 Å². The zero-order valence-corrected chi connectivity index (χ0v) is 14.0. The van der Waals surface area contributed by atoms with Crippen LogP contribution in [0.5, 0.6) is 0 Å². The Morgan fingerprint density at radius 1 is 1.08 bits per heavy atom. The van der Waals surface area contributed by atoms with Crippen LogP contribution in [0.15, 0.2) is 29.4 Å². The summed E-state index contributed by atoms with van der Waals surface area (Å²) in [5.41, 5.74) is 2.91. The first-order valence-electron chi connectivity index (χ1n) is 8.64. The van der Waals surface area contributed by atoms with Gasteiger partial charge in [-0.2, -0.15) is 5.10 Å². The Hall–Kier alpha value is -1.92. The fourth-order valence-corrected chi connectivity index (χ4v) is 3.56. The van der Waals surface area contributed by atoms with E-state index < -0.39 is 5.79 Å². The highest BCUT2D eigenvalue weighted by atomic mass is 16.7. The molecule has 0 atom stereocenters. The van der Waals surface area contributed by atoms with Crippen molar-refractivity contribution < 1.29 is 14.3 Å². The van der Waals surface area contributed by atoms with Gasteiger partial charge in [-0.1, -0.05) is 0 Å². The van der Waals surface area contributed by atoms with Gasteiger partial charge in [0.2, 0.25) is 0 Å². The van der Waals surface area contributed by atoms with E-state index in [4.69, 9.17) is 9.47 Å². The minimum Gasteiger partial charge on any atom is -0.347 e. The Labute approximate surface area is 142 Å². The summed E-state index contributed by atoms with van der Waals surface area (Å²) < 4.78 is 11.4. The van der Waals surface area contributed by atoms with Gasteiger partial charge in [0.05, 0.1) is 18.9 Å². The van der Waals surface area contributed by atoms with E-state index in [2.05, 4.69) is 5.10 Å². The van der Waals surface area contributed by atoms with Crippen LogP contribution >= 0.6 is 0 Å². The molecule has 128 valence electrons. The highest BCUT2D eigenvalue weighted by Crippen LogP contribution is 2.32. The summed E-state index contributed by atoms with van der Waals surface area (Å²) >= 11 is 0. The molecule has 3 aliphatic heterocycles. The van der Waals surface area contributed by atoms with Crippen LogP contribution in [0.2, 0.25) is 0 Å². The molecule has 1 aromatic rings. The molecular formula is C18H23N3O3. The molecule has 3 heterocycles. The van der Waals surface area contributed by atoms with Crippen molar-refractivity contribution in [1.29, 1.82) is 0 Å². The average Bonchev–Trinajstić information content (AvgIpc) is 3.25. The van der Waals surface area contributed by atoms with Gasteiger partial charge >= 0.3 is 0 Å². The lowest BCUT2D eigenvalue weighted by molar-refractivity contribution is -0.181. The van der Waals surface area contributed by atoms with Crippen LogP contribution in [0, 0.1) is 0 Å². The molecule has 4 rings (SSSR count). The van der Waals surface area contributed by atoms with Crippen LogP contribution in [0.25, 0.3) is 0 Å². The van der Waals surface area contributed by atoms with E-state index in [9.17, 15) is 4.79 Å². The van der Waals surface area contributed by atoms with Gasteiger partial charge in [0.15, 0.2) is 5.79 Å². The Morgan fingerprint density at radius 3 is 2.33 bits per heavy atom. The Bertz CT molecular complexity index is 640. The van der Waals surface area contributed by atoms with E-state index in [0.717, 1.165) is 42.8 Å². The topological polar surface area (TPSA) is 54.4 Å². The van der Waals surface area contributed by atoms with E-state index in [-0.39, 0.29) is 5.91 Å². The van der Waals surface area contributed by atoms with Crippen LogP contribution in [0.1, 0.15) is 36.5 Å². The Morgan fingerprint density at radius 2 is 1.75 bits per heavy atom. The van der Waals surface area contributed by atoms with Crippen LogP contribution < -0.4 is 5.01 Å². The van der Waals surface area contributed by atoms with E-state index >= 15 is 0 Å². The van der Waals surface area contributed by atoms with Crippen LogP contribution in [-0.2, 0) is 9.47 Å². The number of hydrazone groups is 1. The molecule has 6 nitrogen and oxygen atoms in total. The first-order valence-corrected chi connectivity index (χ1v) is 8.64. The number of likely N-dealkylation sites (tertiary alicyclic amines) is 1. The minimum atomic E-state index is -0.438. The van der Waals surface area contributed by atoms with Crippen molar-refractivity contribution in [3.05, 3.63) is 29.8 Å². The van der Waals surface area contributed by atoms with Gasteiger partial charge < -0.3 is 14.4 Å². The molecule has 6 heteroatoms. The van der Waals surface area contributed by atoms with Crippen LogP contribution in [0.4, 0.5) is 5.69 Å². The molecule has 2 saturated heterocycles. The van der Waals surface area contributed by atoms with Gasteiger partial charge in [-0.15, -0.1) is 0 Å². The minimum absolute atomic E-state index is 0.0792. The molecule has 0 N–H and O–H groups in total. The quantitative estimate of drug-likeness (QED) is 0.835. The van der Waals surface area contributed by atoms with E-state index in [1.807, 2.05) is 41.1 Å². The zero-order valence-electron chi connectivity index (χ0n) is 14.0. The number of piperidine rings is 1. The van der Waals surface area contributed by atoms with Gasteiger partial charge in [-0.3, -0.25) is 9.80 Å². The van der Waals surface area contributed by atoms with Crippen molar-refractivity contribution >= 4 is 17.3 Å². The number of carbonyl (C=O) groups is 1. The van der Waals surface area contributed by atoms with Crippen molar-refractivity contribution in [3.8, 4) is 0 Å². The molecule has 1 aromatic carbocycles. The lowest BCUT2D eigenvalue weighted by Gasteiger charge is -2.37. The van der Waals surface area contributed by atoms with E-state index in [1.54, 1.807) is 0 Å². The summed E-state index contributed by atoms with van der Waals surface area (Å²) in [5, 5.41) is 6.48. The fourth-order valence-electron chi connectivity index (χ4n) is 3.56. The van der Waals surface area contributed by atoms with E-state index in [0.29, 0.717) is 26.3 Å². The molecule has 2 fully saturated rings. The fraction of sp³-hybridized carbons (Fsp3) is 0.556. The largest absolute Gasteiger partial charge is 0.347 e. The molecule has 0 saturated carbocycles. The second kappa shape index (κ2) is 6.18. The highest BCUT2D eigenvalue weighted by molar-refractivity contribution is 5.94. The summed E-state index contributed by atoms with van der Waals surface area (Å²) in [5.74, 6) is -0.359. The molecule has 0 radical (unpaired) electrons. The van der Waals surface area contributed by atoms with Crippen LogP contribution in [-0.4, -0.2) is 55.2 Å². The van der Waals surface area contributed by atoms with Crippen molar-refractivity contribution in [2.45, 2.75) is 32.0 Å². The first-order chi connectivity index (χ1) is 11.7. The Kier molecular flexibility index (Phi) is 4.02. The number of ether oxygens (including phenoxy) is 2. The number of carbonyl (C=O) groups excluding carboxylic acids is 1. The third-order valence-electron chi connectivity index (χ3n) is 5.02. The highest BCUT2D eigenvalue weighted by Gasteiger charge is 2.40. The van der Waals surface area contributed by atoms with Crippen molar-refractivity contribution in [3.63, 3.8) is 0 Å². The number of amides is 1. The lowest BCUT2D eigenvalue weighted by atomic mass is 10.0. The number of anilines is 1. The summed E-state index contributed by atoms with van der Waals surface area (Å²) in [6.45, 7) is 5.63. The van der Waals surface area contributed by atoms with Gasteiger partial charge in [-0.05, 0) is 31.2 Å². The predicted octanol–water partition coefficient (Wildman–Crippen LogP) is 2.25. The monoisotopic (exact) mass is 329 g/mol. The SMILES string of the molecule is CC1=NN(c2ccc(C(=O)N3CCC4(CC3)OCCO4)cc2)CC1. The maximum atomic E-state index is 12.7. The maximum absolute atomic E-state index is 12.7. The molecule has 0 bridgehead atoms. The number of hydrogen-bond acceptors (Lipinski definition) is 5. The van der Waals surface area contributed by atoms with Gasteiger partial charge in [0.1, 0.15) is 0 Å². The average molecular weight is 329 g/mol. The molecular weight excluding hydrogens is 306 g/mol. The first kappa shape index (κ1) is 15.6. The molecule has 24 heavy (non-hydrogen) atoms. The molecule has 1 spiro atoms. The Balaban J connectivity index is 1.40. The molecule has 3 aliphatic rings. The summed E-state index contributed by atoms with van der Waals surface area (Å²) in [6, 6.07) is 7.75. The number of hydrogen-bond donors (Lipinski definition) is 0. The normalized spacial score (nSPS) is 23.0. The maximum Gasteiger partial charge on any atom is 0.253 e. The number of rotatable bonds is 2. The second-order valence-electron chi connectivity index (χ2n) is 6.66. The van der Waals surface area contributed by atoms with Gasteiger partial charge in [0, 0.05) is 50.2 Å². The third-order valence-corrected chi connectivity index (χ3v) is 5.02. The van der Waals surface area contributed by atoms with Crippen molar-refractivity contribution in [2.75, 3.05) is 37.9 Å². The second-order valence-corrected chi connectivity index (χ2v) is 6.66. The number of nitrogens with zero attached hydrogens (tertiary/aromatic N) is 3. The smallest absolute Gasteiger partial charge is 0.253 e.